The van der Waals surface area contributed by atoms with Gasteiger partial charge in [0.1, 0.15) is 0 Å². The van der Waals surface area contributed by atoms with Crippen LogP contribution in [0.15, 0.2) is 46.4 Å². The lowest BCUT2D eigenvalue weighted by Crippen LogP contribution is -2.30. The second-order valence-electron chi connectivity index (χ2n) is 5.92. The second-order valence-corrected chi connectivity index (χ2v) is 8.29. The minimum Gasteiger partial charge on any atom is -0.867 e. The number of carbonyl (C=O) groups excluding carboxylic acids is 1. The third kappa shape index (κ3) is 5.12. The second kappa shape index (κ2) is 9.65. The number of nitrogens with one attached hydrogen (secondary N) is 1. The number of sulfonamides is 1. The fourth-order valence-electron chi connectivity index (χ4n) is 2.57. The Bertz CT molecular complexity index is 1100. The number of amides is 1. The van der Waals surface area contributed by atoms with Crippen molar-refractivity contribution < 1.29 is 23.2 Å². The van der Waals surface area contributed by atoms with E-state index in [1.54, 1.807) is 13.8 Å². The van der Waals surface area contributed by atoms with E-state index in [0.29, 0.717) is 0 Å². The van der Waals surface area contributed by atoms with Gasteiger partial charge in [-0.1, -0.05) is 31.5 Å². The summed E-state index contributed by atoms with van der Waals surface area (Å²) in [5.74, 6) is -1.64. The Balaban J connectivity index is 2.23. The van der Waals surface area contributed by atoms with Crippen molar-refractivity contribution in [2.75, 3.05) is 13.1 Å². The Morgan fingerprint density at radius 3 is 2.53 bits per heavy atom. The van der Waals surface area contributed by atoms with E-state index in [9.17, 15) is 28.4 Å². The van der Waals surface area contributed by atoms with Gasteiger partial charge in [0.25, 0.3) is 11.6 Å². The molecular weight excluding hydrogens is 436 g/mol. The molecule has 0 heterocycles. The van der Waals surface area contributed by atoms with Crippen molar-refractivity contribution in [2.45, 2.75) is 18.7 Å². The van der Waals surface area contributed by atoms with E-state index < -0.39 is 32.3 Å². The summed E-state index contributed by atoms with van der Waals surface area (Å²) in [6.45, 7) is 3.97. The van der Waals surface area contributed by atoms with Crippen LogP contribution >= 0.6 is 11.6 Å². The number of hydrogen-bond donors (Lipinski definition) is 1. The predicted molar refractivity (Wildman–Crippen MR) is 109 cm³/mol. The maximum Gasteiger partial charge on any atom is 0.271 e. The van der Waals surface area contributed by atoms with Crippen LogP contribution < -0.4 is 10.5 Å². The minimum absolute atomic E-state index is 0.0276. The maximum atomic E-state index is 12.6. The van der Waals surface area contributed by atoms with Crippen LogP contribution in [-0.4, -0.2) is 42.9 Å². The third-order valence-electron chi connectivity index (χ3n) is 4.07. The molecule has 12 heteroatoms. The summed E-state index contributed by atoms with van der Waals surface area (Å²) < 4.78 is 26.4. The standard InChI is InChI=1S/C18H19ClN4O6S/c1-3-22(4-2)30(28,29)15-7-5-6-12(9-15)18(25)21-20-11-13-8-14(19)10-16(17(13)24)23(26)27/h5-11,24H,3-4H2,1-2H3,(H,21,25)/p-1/b20-11-. The van der Waals surface area contributed by atoms with Gasteiger partial charge in [0.05, 0.1) is 16.0 Å². The Morgan fingerprint density at radius 1 is 1.27 bits per heavy atom. The van der Waals surface area contributed by atoms with Gasteiger partial charge in [-0.3, -0.25) is 14.9 Å². The Kier molecular flexibility index (Phi) is 7.48. The fraction of sp³-hybridized carbons (Fsp3) is 0.222. The molecule has 0 fully saturated rings. The van der Waals surface area contributed by atoms with Crippen molar-refractivity contribution in [2.24, 2.45) is 5.10 Å². The number of benzene rings is 2. The molecule has 0 bridgehead atoms. The Hall–Kier alpha value is -3.02. The molecule has 160 valence electrons. The number of nitro benzene ring substituents is 1. The van der Waals surface area contributed by atoms with Gasteiger partial charge in [0.15, 0.2) is 0 Å². The molecule has 1 N–H and O–H groups in total. The highest BCUT2D eigenvalue weighted by atomic mass is 35.5. The molecule has 30 heavy (non-hydrogen) atoms. The number of carbonyl (C=O) groups is 1. The van der Waals surface area contributed by atoms with Gasteiger partial charge in [-0.25, -0.2) is 13.8 Å². The summed E-state index contributed by atoms with van der Waals surface area (Å²) >= 11 is 5.76. The van der Waals surface area contributed by atoms with E-state index in [-0.39, 0.29) is 34.1 Å². The third-order valence-corrected chi connectivity index (χ3v) is 6.33. The number of hydrazone groups is 1. The zero-order valence-corrected chi connectivity index (χ0v) is 17.6. The highest BCUT2D eigenvalue weighted by Crippen LogP contribution is 2.29. The summed E-state index contributed by atoms with van der Waals surface area (Å²) in [4.78, 5) is 22.3. The first kappa shape index (κ1) is 23.3. The molecule has 2 aromatic rings. The molecular formula is C18H18ClN4O6S-. The maximum absolute atomic E-state index is 12.6. The van der Waals surface area contributed by atoms with Gasteiger partial charge < -0.3 is 5.11 Å². The SMILES string of the molecule is CCN(CC)S(=O)(=O)c1cccc(C(=O)N/N=C\c2cc(Cl)cc([N+](=O)[O-])c2[O-])c1. The predicted octanol–water partition coefficient (Wildman–Crippen LogP) is 2.12. The van der Waals surface area contributed by atoms with E-state index in [4.69, 9.17) is 11.6 Å². The van der Waals surface area contributed by atoms with Gasteiger partial charge in [-0.2, -0.15) is 9.41 Å². The lowest BCUT2D eigenvalue weighted by Gasteiger charge is -2.18. The van der Waals surface area contributed by atoms with Crippen LogP contribution in [0, 0.1) is 10.1 Å². The molecule has 0 radical (unpaired) electrons. The van der Waals surface area contributed by atoms with Crippen molar-refractivity contribution in [1.82, 2.24) is 9.73 Å². The lowest BCUT2D eigenvalue weighted by atomic mass is 10.2. The normalized spacial score (nSPS) is 11.7. The van der Waals surface area contributed by atoms with Crippen LogP contribution in [-0.2, 0) is 10.0 Å². The quantitative estimate of drug-likeness (QED) is 0.368. The van der Waals surface area contributed by atoms with Crippen molar-refractivity contribution in [3.05, 3.63) is 62.7 Å². The van der Waals surface area contributed by atoms with E-state index in [0.717, 1.165) is 12.3 Å². The molecule has 0 saturated heterocycles. The van der Waals surface area contributed by atoms with Gasteiger partial charge in [-0.05, 0) is 35.6 Å². The highest BCUT2D eigenvalue weighted by molar-refractivity contribution is 7.89. The summed E-state index contributed by atoms with van der Waals surface area (Å²) in [5, 5.41) is 26.5. The van der Waals surface area contributed by atoms with Gasteiger partial charge in [-0.15, -0.1) is 0 Å². The summed E-state index contributed by atoms with van der Waals surface area (Å²) in [5.41, 5.74) is 1.27. The number of rotatable bonds is 8. The zero-order valence-electron chi connectivity index (χ0n) is 16.0. The average Bonchev–Trinajstić information content (AvgIpc) is 2.70. The molecule has 0 aromatic heterocycles. The molecule has 2 aromatic carbocycles. The number of hydrogen-bond acceptors (Lipinski definition) is 7. The van der Waals surface area contributed by atoms with Crippen molar-refractivity contribution in [1.29, 1.82) is 0 Å². The fourth-order valence-corrected chi connectivity index (χ4v) is 4.29. The van der Waals surface area contributed by atoms with Crippen LogP contribution in [0.5, 0.6) is 5.75 Å². The minimum atomic E-state index is -3.75. The molecule has 0 aliphatic heterocycles. The van der Waals surface area contributed by atoms with Crippen LogP contribution in [0.4, 0.5) is 5.69 Å². The lowest BCUT2D eigenvalue weighted by molar-refractivity contribution is -0.398. The Labute approximate surface area is 178 Å². The van der Waals surface area contributed by atoms with E-state index in [1.165, 1.54) is 34.6 Å². The molecule has 0 atom stereocenters. The molecule has 0 aliphatic carbocycles. The molecule has 0 saturated carbocycles. The molecule has 0 unspecified atom stereocenters. The first-order valence-electron chi connectivity index (χ1n) is 8.70. The molecule has 0 aliphatic rings. The van der Waals surface area contributed by atoms with Crippen molar-refractivity contribution >= 4 is 39.4 Å². The van der Waals surface area contributed by atoms with Crippen LogP contribution in [0.1, 0.15) is 29.8 Å². The van der Waals surface area contributed by atoms with Gasteiger partial charge in [0.2, 0.25) is 10.0 Å². The first-order chi connectivity index (χ1) is 14.1. The Morgan fingerprint density at radius 2 is 1.93 bits per heavy atom. The largest absolute Gasteiger partial charge is 0.867 e. The molecule has 2 rings (SSSR count). The summed E-state index contributed by atoms with van der Waals surface area (Å²) in [7, 11) is -3.75. The van der Waals surface area contributed by atoms with E-state index in [2.05, 4.69) is 10.5 Å². The molecule has 1 amide bonds. The number of halogens is 1. The molecule has 10 nitrogen and oxygen atoms in total. The first-order valence-corrected chi connectivity index (χ1v) is 10.5. The smallest absolute Gasteiger partial charge is 0.271 e. The van der Waals surface area contributed by atoms with Gasteiger partial charge >= 0.3 is 0 Å². The van der Waals surface area contributed by atoms with E-state index in [1.807, 2.05) is 0 Å². The van der Waals surface area contributed by atoms with Gasteiger partial charge in [0, 0.05) is 29.7 Å². The summed E-state index contributed by atoms with van der Waals surface area (Å²) in [6.07, 6.45) is 0.926. The monoisotopic (exact) mass is 453 g/mol. The highest BCUT2D eigenvalue weighted by Gasteiger charge is 2.22. The molecule has 0 spiro atoms. The van der Waals surface area contributed by atoms with Crippen LogP contribution in [0.2, 0.25) is 5.02 Å². The van der Waals surface area contributed by atoms with Crippen LogP contribution in [0.3, 0.4) is 0 Å². The summed E-state index contributed by atoms with van der Waals surface area (Å²) in [6, 6.07) is 7.50. The van der Waals surface area contributed by atoms with Crippen molar-refractivity contribution in [3.63, 3.8) is 0 Å². The zero-order chi connectivity index (χ0) is 22.5. The van der Waals surface area contributed by atoms with Crippen LogP contribution in [0.25, 0.3) is 0 Å². The number of nitro groups is 1. The van der Waals surface area contributed by atoms with E-state index >= 15 is 0 Å². The average molecular weight is 454 g/mol. The topological polar surface area (TPSA) is 145 Å². The number of nitrogens with zero attached hydrogens (tertiary/aromatic N) is 3. The van der Waals surface area contributed by atoms with Crippen molar-refractivity contribution in [3.8, 4) is 5.75 Å².